The van der Waals surface area contributed by atoms with Crippen molar-refractivity contribution in [2.45, 2.75) is 64.5 Å². The Bertz CT molecular complexity index is 437. The zero-order chi connectivity index (χ0) is 14.0. The number of carbonyl (C=O) groups excluding carboxylic acids is 1. The van der Waals surface area contributed by atoms with Gasteiger partial charge in [0.1, 0.15) is 10.8 Å². The number of aromatic nitrogens is 1. The summed E-state index contributed by atoms with van der Waals surface area (Å²) in [5.74, 6) is 0.425. The van der Waals surface area contributed by atoms with E-state index in [4.69, 9.17) is 4.98 Å². The highest BCUT2D eigenvalue weighted by Crippen LogP contribution is 2.26. The maximum Gasteiger partial charge on any atom is 0.133 e. The zero-order valence-electron chi connectivity index (χ0n) is 12.4. The van der Waals surface area contributed by atoms with Crippen LogP contribution >= 0.6 is 11.3 Å². The molecule has 19 heavy (non-hydrogen) atoms. The SMILES string of the molecule is CN(Cc1nc(C(C)(C)C)cs1)C1CCC(=O)CC1. The zero-order valence-corrected chi connectivity index (χ0v) is 13.2. The van der Waals surface area contributed by atoms with E-state index in [1.165, 1.54) is 10.7 Å². The molecule has 0 bridgehead atoms. The second kappa shape index (κ2) is 5.71. The Morgan fingerprint density at radius 3 is 2.53 bits per heavy atom. The van der Waals surface area contributed by atoms with Crippen LogP contribution in [0.1, 0.15) is 57.2 Å². The van der Waals surface area contributed by atoms with Gasteiger partial charge in [-0.2, -0.15) is 0 Å². The average molecular weight is 280 g/mol. The van der Waals surface area contributed by atoms with Crippen molar-refractivity contribution in [3.63, 3.8) is 0 Å². The molecule has 0 amide bonds. The van der Waals surface area contributed by atoms with E-state index in [1.54, 1.807) is 11.3 Å². The summed E-state index contributed by atoms with van der Waals surface area (Å²) in [5.41, 5.74) is 1.31. The Kier molecular flexibility index (Phi) is 4.41. The minimum absolute atomic E-state index is 0.130. The average Bonchev–Trinajstić information content (AvgIpc) is 2.78. The van der Waals surface area contributed by atoms with Gasteiger partial charge >= 0.3 is 0 Å². The number of hydrogen-bond acceptors (Lipinski definition) is 4. The van der Waals surface area contributed by atoms with Crippen LogP contribution in [0.15, 0.2) is 5.38 Å². The molecule has 106 valence electrons. The Morgan fingerprint density at radius 1 is 1.37 bits per heavy atom. The van der Waals surface area contributed by atoms with Gasteiger partial charge in [0.25, 0.3) is 0 Å². The van der Waals surface area contributed by atoms with Gasteiger partial charge in [-0.3, -0.25) is 9.69 Å². The first-order valence-corrected chi connectivity index (χ1v) is 7.91. The molecule has 4 heteroatoms. The Morgan fingerprint density at radius 2 is 2.00 bits per heavy atom. The number of carbonyl (C=O) groups is 1. The summed E-state index contributed by atoms with van der Waals surface area (Å²) < 4.78 is 0. The van der Waals surface area contributed by atoms with Crippen LogP contribution in [-0.4, -0.2) is 28.8 Å². The van der Waals surface area contributed by atoms with Crippen LogP contribution in [0, 0.1) is 0 Å². The molecule has 0 atom stereocenters. The smallest absolute Gasteiger partial charge is 0.133 e. The van der Waals surface area contributed by atoms with Crippen molar-refractivity contribution in [1.82, 2.24) is 9.88 Å². The van der Waals surface area contributed by atoms with Gasteiger partial charge in [0, 0.05) is 29.7 Å². The van der Waals surface area contributed by atoms with Gasteiger partial charge < -0.3 is 0 Å². The first kappa shape index (κ1) is 14.7. The fraction of sp³-hybridized carbons (Fsp3) is 0.733. The van der Waals surface area contributed by atoms with Gasteiger partial charge in [0.15, 0.2) is 0 Å². The highest BCUT2D eigenvalue weighted by atomic mass is 32.1. The van der Waals surface area contributed by atoms with Crippen LogP contribution in [0.5, 0.6) is 0 Å². The molecule has 0 N–H and O–H groups in total. The number of nitrogens with zero attached hydrogens (tertiary/aromatic N) is 2. The lowest BCUT2D eigenvalue weighted by molar-refractivity contribution is -0.121. The molecule has 3 nitrogen and oxygen atoms in total. The fourth-order valence-electron chi connectivity index (χ4n) is 2.44. The predicted octanol–water partition coefficient (Wildman–Crippen LogP) is 3.38. The second-order valence-corrected chi connectivity index (χ2v) is 7.50. The van der Waals surface area contributed by atoms with E-state index in [-0.39, 0.29) is 5.41 Å². The van der Waals surface area contributed by atoms with Crippen molar-refractivity contribution in [3.05, 3.63) is 16.1 Å². The summed E-state index contributed by atoms with van der Waals surface area (Å²) in [5, 5.41) is 3.36. The van der Waals surface area contributed by atoms with Crippen molar-refractivity contribution in [2.24, 2.45) is 0 Å². The molecule has 1 aromatic rings. The number of Topliss-reactive ketones (excluding diaryl/α,β-unsaturated/α-hetero) is 1. The molecule has 1 aliphatic carbocycles. The number of thiazole rings is 1. The third-order valence-corrected chi connectivity index (χ3v) is 4.67. The van der Waals surface area contributed by atoms with Crippen molar-refractivity contribution in [3.8, 4) is 0 Å². The molecule has 1 fully saturated rings. The molecule has 0 aliphatic heterocycles. The summed E-state index contributed by atoms with van der Waals surface area (Å²) >= 11 is 1.75. The quantitative estimate of drug-likeness (QED) is 0.851. The van der Waals surface area contributed by atoms with Crippen LogP contribution in [0.2, 0.25) is 0 Å². The molecule has 0 aromatic carbocycles. The van der Waals surface area contributed by atoms with Gasteiger partial charge in [-0.1, -0.05) is 20.8 Å². The normalized spacial score (nSPS) is 18.3. The fourth-order valence-corrected chi connectivity index (χ4v) is 3.52. The molecule has 1 heterocycles. The maximum absolute atomic E-state index is 11.3. The maximum atomic E-state index is 11.3. The minimum Gasteiger partial charge on any atom is -0.300 e. The van der Waals surface area contributed by atoms with Gasteiger partial charge in [-0.05, 0) is 19.9 Å². The van der Waals surface area contributed by atoms with Crippen LogP contribution < -0.4 is 0 Å². The lowest BCUT2D eigenvalue weighted by atomic mass is 9.93. The molecule has 1 aliphatic rings. The van der Waals surface area contributed by atoms with E-state index in [0.29, 0.717) is 11.8 Å². The third kappa shape index (κ3) is 3.86. The van der Waals surface area contributed by atoms with E-state index in [1.807, 2.05) is 0 Å². The lowest BCUT2D eigenvalue weighted by Crippen LogP contribution is -2.34. The van der Waals surface area contributed by atoms with Crippen LogP contribution in [0.4, 0.5) is 0 Å². The summed E-state index contributed by atoms with van der Waals surface area (Å²) in [6.45, 7) is 7.49. The highest BCUT2D eigenvalue weighted by molar-refractivity contribution is 7.09. The minimum atomic E-state index is 0.130. The Hall–Kier alpha value is -0.740. The summed E-state index contributed by atoms with van der Waals surface area (Å²) in [7, 11) is 2.15. The van der Waals surface area contributed by atoms with Gasteiger partial charge in [-0.25, -0.2) is 4.98 Å². The topological polar surface area (TPSA) is 33.2 Å². The molecule has 0 radical (unpaired) electrons. The molecule has 2 rings (SSSR count). The standard InChI is InChI=1S/C15H24N2OS/c1-15(2,3)13-10-19-14(16-13)9-17(4)11-5-7-12(18)8-6-11/h10-11H,5-9H2,1-4H3. The van der Waals surface area contributed by atoms with Crippen LogP contribution in [0.3, 0.4) is 0 Å². The monoisotopic (exact) mass is 280 g/mol. The number of ketones is 1. The molecule has 0 spiro atoms. The van der Waals surface area contributed by atoms with E-state index >= 15 is 0 Å². The molecular weight excluding hydrogens is 256 g/mol. The van der Waals surface area contributed by atoms with Crippen molar-refractivity contribution in [1.29, 1.82) is 0 Å². The van der Waals surface area contributed by atoms with Crippen molar-refractivity contribution in [2.75, 3.05) is 7.05 Å². The van der Waals surface area contributed by atoms with E-state index in [2.05, 4.69) is 38.1 Å². The molecule has 1 saturated carbocycles. The Balaban J connectivity index is 1.93. The van der Waals surface area contributed by atoms with Gasteiger partial charge in [-0.15, -0.1) is 11.3 Å². The summed E-state index contributed by atoms with van der Waals surface area (Å²) in [6.07, 6.45) is 3.51. The molecular formula is C15H24N2OS. The van der Waals surface area contributed by atoms with Crippen molar-refractivity contribution < 1.29 is 4.79 Å². The van der Waals surface area contributed by atoms with Gasteiger partial charge in [0.2, 0.25) is 0 Å². The molecule has 0 saturated heterocycles. The van der Waals surface area contributed by atoms with E-state index in [0.717, 1.165) is 32.2 Å². The largest absolute Gasteiger partial charge is 0.300 e. The predicted molar refractivity (Wildman–Crippen MR) is 79.5 cm³/mol. The second-order valence-electron chi connectivity index (χ2n) is 6.56. The van der Waals surface area contributed by atoms with E-state index < -0.39 is 0 Å². The summed E-state index contributed by atoms with van der Waals surface area (Å²) in [6, 6.07) is 0.541. The number of rotatable bonds is 3. The molecule has 1 aromatic heterocycles. The summed E-state index contributed by atoms with van der Waals surface area (Å²) in [4.78, 5) is 18.4. The van der Waals surface area contributed by atoms with Gasteiger partial charge in [0.05, 0.1) is 12.2 Å². The highest BCUT2D eigenvalue weighted by Gasteiger charge is 2.23. The van der Waals surface area contributed by atoms with Crippen molar-refractivity contribution >= 4 is 17.1 Å². The first-order chi connectivity index (χ1) is 8.86. The first-order valence-electron chi connectivity index (χ1n) is 7.03. The third-order valence-electron chi connectivity index (χ3n) is 3.84. The van der Waals surface area contributed by atoms with E-state index in [9.17, 15) is 4.79 Å². The Labute approximate surface area is 120 Å². The van der Waals surface area contributed by atoms with Crippen LogP contribution in [0.25, 0.3) is 0 Å². The number of hydrogen-bond donors (Lipinski definition) is 0. The lowest BCUT2D eigenvalue weighted by Gasteiger charge is -2.29. The van der Waals surface area contributed by atoms with Crippen LogP contribution in [-0.2, 0) is 16.8 Å². The molecule has 0 unspecified atom stereocenters.